The Balaban J connectivity index is 1.58. The first-order valence-electron chi connectivity index (χ1n) is 10.3. The lowest BCUT2D eigenvalue weighted by atomic mass is 9.60. The minimum absolute atomic E-state index is 0.268. The number of nitrogens with zero attached hydrogens (tertiary/aromatic N) is 1. The van der Waals surface area contributed by atoms with E-state index in [1.165, 1.54) is 5.56 Å². The molecule has 0 radical (unpaired) electrons. The van der Waals surface area contributed by atoms with Crippen molar-refractivity contribution < 1.29 is 9.53 Å². The molecule has 140 valence electrons. The second-order valence-electron chi connectivity index (χ2n) is 8.15. The number of benzene rings is 1. The first kappa shape index (κ1) is 19.0. The zero-order valence-electron chi connectivity index (χ0n) is 16.0. The van der Waals surface area contributed by atoms with Crippen molar-refractivity contribution in [2.75, 3.05) is 6.61 Å². The van der Waals surface area contributed by atoms with E-state index in [0.717, 1.165) is 63.7 Å². The number of carbonyl (C=O) groups is 1. The lowest BCUT2D eigenvalue weighted by Crippen LogP contribution is -2.36. The van der Waals surface area contributed by atoms with E-state index >= 15 is 0 Å². The van der Waals surface area contributed by atoms with Crippen molar-refractivity contribution in [3.63, 3.8) is 0 Å². The molecule has 2 aliphatic rings. The van der Waals surface area contributed by atoms with Crippen molar-refractivity contribution in [2.45, 2.75) is 77.0 Å². The minimum Gasteiger partial charge on any atom is -0.494 e. The van der Waals surface area contributed by atoms with Gasteiger partial charge in [0, 0.05) is 12.8 Å². The lowest BCUT2D eigenvalue weighted by Gasteiger charge is -2.42. The van der Waals surface area contributed by atoms with Gasteiger partial charge >= 0.3 is 0 Å². The molecule has 1 aromatic carbocycles. The van der Waals surface area contributed by atoms with E-state index in [-0.39, 0.29) is 11.3 Å². The van der Waals surface area contributed by atoms with E-state index in [0.29, 0.717) is 24.5 Å². The second-order valence-corrected chi connectivity index (χ2v) is 8.15. The average molecular weight is 354 g/mol. The van der Waals surface area contributed by atoms with E-state index < -0.39 is 0 Å². The van der Waals surface area contributed by atoms with Crippen LogP contribution < -0.4 is 4.74 Å². The van der Waals surface area contributed by atoms with Crippen LogP contribution in [0.4, 0.5) is 0 Å². The smallest absolute Gasteiger partial charge is 0.133 e. The van der Waals surface area contributed by atoms with E-state index in [9.17, 15) is 10.1 Å². The lowest BCUT2D eigenvalue weighted by molar-refractivity contribution is -0.123. The molecule has 2 saturated carbocycles. The van der Waals surface area contributed by atoms with Crippen molar-refractivity contribution in [1.82, 2.24) is 0 Å². The van der Waals surface area contributed by atoms with Crippen molar-refractivity contribution in [3.05, 3.63) is 29.8 Å². The zero-order chi connectivity index (χ0) is 18.4. The molecule has 3 rings (SSSR count). The van der Waals surface area contributed by atoms with Crippen molar-refractivity contribution in [1.29, 1.82) is 5.26 Å². The van der Waals surface area contributed by atoms with Gasteiger partial charge in [-0.05, 0) is 74.5 Å². The van der Waals surface area contributed by atoms with Gasteiger partial charge in [-0.15, -0.1) is 0 Å². The third-order valence-corrected chi connectivity index (χ3v) is 6.48. The maximum atomic E-state index is 11.9. The fourth-order valence-electron chi connectivity index (χ4n) is 4.74. The average Bonchev–Trinajstić information content (AvgIpc) is 2.69. The van der Waals surface area contributed by atoms with Crippen LogP contribution in [0.1, 0.15) is 82.6 Å². The molecule has 1 atom stereocenters. The highest BCUT2D eigenvalue weighted by atomic mass is 16.5. The number of hydrogen-bond acceptors (Lipinski definition) is 3. The molecule has 0 bridgehead atoms. The summed E-state index contributed by atoms with van der Waals surface area (Å²) in [5.41, 5.74) is 1.09. The maximum absolute atomic E-state index is 11.9. The molecular weight excluding hydrogens is 322 g/mol. The van der Waals surface area contributed by atoms with E-state index in [4.69, 9.17) is 4.74 Å². The summed E-state index contributed by atoms with van der Waals surface area (Å²) in [4.78, 5) is 11.9. The van der Waals surface area contributed by atoms with Crippen molar-refractivity contribution in [3.8, 4) is 11.8 Å². The highest BCUT2D eigenvalue weighted by Crippen LogP contribution is 2.50. The summed E-state index contributed by atoms with van der Waals surface area (Å²) >= 11 is 0. The van der Waals surface area contributed by atoms with Gasteiger partial charge in [-0.1, -0.05) is 25.5 Å². The number of carbonyl (C=O) groups excluding carboxylic acids is 1. The fourth-order valence-corrected chi connectivity index (χ4v) is 4.74. The third-order valence-electron chi connectivity index (χ3n) is 6.48. The molecule has 2 aliphatic carbocycles. The summed E-state index contributed by atoms with van der Waals surface area (Å²) < 4.78 is 5.75. The Morgan fingerprint density at radius 2 is 1.92 bits per heavy atom. The predicted octanol–water partition coefficient (Wildman–Crippen LogP) is 5.79. The minimum atomic E-state index is -0.268. The van der Waals surface area contributed by atoms with Crippen LogP contribution in [0, 0.1) is 22.7 Å². The maximum Gasteiger partial charge on any atom is 0.133 e. The SMILES string of the molecule is CCCCOc1ccc(C2CCC(C#N)([C@@H]3CCCC(=O)C3)CC2)cc1. The van der Waals surface area contributed by atoms with E-state index in [1.807, 2.05) is 0 Å². The summed E-state index contributed by atoms with van der Waals surface area (Å²) in [6, 6.07) is 11.2. The number of unbranched alkanes of at least 4 members (excludes halogenated alkanes) is 1. The van der Waals surface area contributed by atoms with Gasteiger partial charge in [0.2, 0.25) is 0 Å². The van der Waals surface area contributed by atoms with Crippen LogP contribution >= 0.6 is 0 Å². The van der Waals surface area contributed by atoms with E-state index in [2.05, 4.69) is 37.3 Å². The molecule has 0 aromatic heterocycles. The van der Waals surface area contributed by atoms with Gasteiger partial charge in [0.15, 0.2) is 0 Å². The van der Waals surface area contributed by atoms with Gasteiger partial charge in [0.05, 0.1) is 18.1 Å². The predicted molar refractivity (Wildman–Crippen MR) is 103 cm³/mol. The Morgan fingerprint density at radius 3 is 2.54 bits per heavy atom. The van der Waals surface area contributed by atoms with Crippen LogP contribution in [0.5, 0.6) is 5.75 Å². The van der Waals surface area contributed by atoms with Gasteiger partial charge in [0.25, 0.3) is 0 Å². The number of ketones is 1. The molecule has 3 heteroatoms. The van der Waals surface area contributed by atoms with Crippen LogP contribution in [0.3, 0.4) is 0 Å². The highest BCUT2D eigenvalue weighted by Gasteiger charge is 2.43. The van der Waals surface area contributed by atoms with Crippen LogP contribution in [0.25, 0.3) is 0 Å². The number of hydrogen-bond donors (Lipinski definition) is 0. The molecule has 0 saturated heterocycles. The summed E-state index contributed by atoms with van der Waals surface area (Å²) in [6.45, 7) is 2.95. The Kier molecular flexibility index (Phi) is 6.35. The normalized spacial score (nSPS) is 29.2. The molecule has 26 heavy (non-hydrogen) atoms. The third kappa shape index (κ3) is 4.29. The van der Waals surface area contributed by atoms with Crippen molar-refractivity contribution >= 4 is 5.78 Å². The Labute approximate surface area is 157 Å². The molecule has 0 aliphatic heterocycles. The summed E-state index contributed by atoms with van der Waals surface area (Å²) in [7, 11) is 0. The standard InChI is InChI=1S/C23H31NO2/c1-2-3-15-26-22-9-7-18(8-10-22)19-11-13-23(17-24,14-12-19)20-5-4-6-21(25)16-20/h7-10,19-20H,2-6,11-16H2,1H3/t19?,20-,23?/m1/s1. The molecule has 3 nitrogen and oxygen atoms in total. The van der Waals surface area contributed by atoms with Crippen LogP contribution in [0.15, 0.2) is 24.3 Å². The van der Waals surface area contributed by atoms with Crippen molar-refractivity contribution in [2.24, 2.45) is 11.3 Å². The topological polar surface area (TPSA) is 50.1 Å². The summed E-state index contributed by atoms with van der Waals surface area (Å²) in [6.07, 6.45) is 9.56. The van der Waals surface area contributed by atoms with Gasteiger partial charge in [-0.3, -0.25) is 4.79 Å². The number of rotatable bonds is 6. The van der Waals surface area contributed by atoms with Gasteiger partial charge < -0.3 is 4.74 Å². The van der Waals surface area contributed by atoms with E-state index in [1.54, 1.807) is 0 Å². The first-order valence-corrected chi connectivity index (χ1v) is 10.3. The largest absolute Gasteiger partial charge is 0.494 e. The molecule has 1 aromatic rings. The summed E-state index contributed by atoms with van der Waals surface area (Å²) in [5, 5.41) is 9.90. The number of ether oxygens (including phenoxy) is 1. The molecule has 0 amide bonds. The van der Waals surface area contributed by atoms with Gasteiger partial charge in [-0.2, -0.15) is 5.26 Å². The second kappa shape index (κ2) is 8.71. The molecule has 2 fully saturated rings. The van der Waals surface area contributed by atoms with Crippen LogP contribution in [-0.4, -0.2) is 12.4 Å². The van der Waals surface area contributed by atoms with Crippen LogP contribution in [-0.2, 0) is 4.79 Å². The molecule has 0 unspecified atom stereocenters. The molecule has 0 N–H and O–H groups in total. The molecule has 0 heterocycles. The quantitative estimate of drug-likeness (QED) is 0.608. The monoisotopic (exact) mass is 353 g/mol. The Bertz CT molecular complexity index is 635. The Hall–Kier alpha value is -1.82. The summed E-state index contributed by atoms with van der Waals surface area (Å²) in [5.74, 6) is 2.12. The number of Topliss-reactive ketones (excluding diaryl/α,β-unsaturated/α-hetero) is 1. The van der Waals surface area contributed by atoms with Gasteiger partial charge in [-0.25, -0.2) is 0 Å². The highest BCUT2D eigenvalue weighted by molar-refractivity contribution is 5.79. The Morgan fingerprint density at radius 1 is 1.19 bits per heavy atom. The molecule has 0 spiro atoms. The fraction of sp³-hybridized carbons (Fsp3) is 0.652. The zero-order valence-corrected chi connectivity index (χ0v) is 16.0. The number of nitriles is 1. The van der Waals surface area contributed by atoms with Gasteiger partial charge in [0.1, 0.15) is 11.5 Å². The van der Waals surface area contributed by atoms with Crippen LogP contribution in [0.2, 0.25) is 0 Å². The first-order chi connectivity index (χ1) is 12.7. The molecular formula is C23H31NO2.